The number of methoxy groups -OCH3 is 2. The fourth-order valence-corrected chi connectivity index (χ4v) is 3.88. The van der Waals surface area contributed by atoms with E-state index < -0.39 is 11.8 Å². The van der Waals surface area contributed by atoms with Crippen molar-refractivity contribution in [2.24, 2.45) is 5.10 Å². The lowest BCUT2D eigenvalue weighted by atomic mass is 10.1. The highest BCUT2D eigenvalue weighted by molar-refractivity contribution is 9.10. The minimum absolute atomic E-state index is 0.0479. The average Bonchev–Trinajstić information content (AvgIpc) is 2.95. The molecule has 0 spiro atoms. The van der Waals surface area contributed by atoms with Crippen LogP contribution in [0.3, 0.4) is 0 Å². The Kier molecular flexibility index (Phi) is 10.9. The van der Waals surface area contributed by atoms with E-state index in [2.05, 4.69) is 31.8 Å². The molecule has 0 aliphatic rings. The number of hydrazone groups is 1. The molecular formula is C29H30BrN3O6. The van der Waals surface area contributed by atoms with Crippen LogP contribution in [0.15, 0.2) is 75.9 Å². The van der Waals surface area contributed by atoms with E-state index in [1.807, 2.05) is 13.8 Å². The molecule has 0 saturated heterocycles. The summed E-state index contributed by atoms with van der Waals surface area (Å²) < 4.78 is 22.7. The van der Waals surface area contributed by atoms with Gasteiger partial charge in [-0.25, -0.2) is 5.43 Å². The minimum Gasteiger partial charge on any atom is -0.497 e. The number of amides is 2. The standard InChI is InChI=1S/C29H30BrN3O6/c1-5-38-26-16-21(23(30)17-27(26)39-6-2)18-31-33-29(35)24(32-28(34)19-10-8-7-9-11-19)15-20-14-22(36-3)12-13-25(20)37-4/h7-18H,5-6H2,1-4H3,(H,32,34)(H,33,35). The molecule has 0 aromatic heterocycles. The Morgan fingerprint density at radius 3 is 2.21 bits per heavy atom. The van der Waals surface area contributed by atoms with E-state index in [1.165, 1.54) is 26.5 Å². The van der Waals surface area contributed by atoms with Crippen LogP contribution in [-0.2, 0) is 4.79 Å². The number of halogens is 1. The normalized spacial score (nSPS) is 11.2. The number of ether oxygens (including phenoxy) is 4. The summed E-state index contributed by atoms with van der Waals surface area (Å²) in [6.45, 7) is 4.70. The van der Waals surface area contributed by atoms with Crippen molar-refractivity contribution in [3.8, 4) is 23.0 Å². The summed E-state index contributed by atoms with van der Waals surface area (Å²) in [5.41, 5.74) is 3.99. The van der Waals surface area contributed by atoms with Crippen molar-refractivity contribution >= 4 is 40.0 Å². The number of carbonyl (C=O) groups is 2. The average molecular weight is 596 g/mol. The zero-order chi connectivity index (χ0) is 28.2. The van der Waals surface area contributed by atoms with Crippen LogP contribution in [-0.4, -0.2) is 45.5 Å². The minimum atomic E-state index is -0.646. The zero-order valence-corrected chi connectivity index (χ0v) is 23.7. The van der Waals surface area contributed by atoms with E-state index in [4.69, 9.17) is 18.9 Å². The SMILES string of the molecule is CCOc1cc(Br)c(C=NNC(=O)C(=Cc2cc(OC)ccc2OC)NC(=O)c2ccccc2)cc1OCC. The van der Waals surface area contributed by atoms with Gasteiger partial charge in [0.05, 0.1) is 33.6 Å². The van der Waals surface area contributed by atoms with Gasteiger partial charge in [0.15, 0.2) is 11.5 Å². The number of hydrogen-bond donors (Lipinski definition) is 2. The van der Waals surface area contributed by atoms with Crippen LogP contribution in [0.1, 0.15) is 35.3 Å². The predicted molar refractivity (Wildman–Crippen MR) is 154 cm³/mol. The van der Waals surface area contributed by atoms with Gasteiger partial charge in [-0.05, 0) is 78.3 Å². The van der Waals surface area contributed by atoms with E-state index in [-0.39, 0.29) is 5.70 Å². The molecule has 0 fully saturated rings. The number of nitrogens with one attached hydrogen (secondary N) is 2. The van der Waals surface area contributed by atoms with Crippen LogP contribution in [0.2, 0.25) is 0 Å². The Morgan fingerprint density at radius 1 is 0.872 bits per heavy atom. The molecular weight excluding hydrogens is 566 g/mol. The fourth-order valence-electron chi connectivity index (χ4n) is 3.46. The maximum absolute atomic E-state index is 13.2. The van der Waals surface area contributed by atoms with Crippen molar-refractivity contribution in [1.82, 2.24) is 10.7 Å². The third-order valence-corrected chi connectivity index (χ3v) is 5.98. The molecule has 0 radical (unpaired) electrons. The van der Waals surface area contributed by atoms with E-state index >= 15 is 0 Å². The van der Waals surface area contributed by atoms with Crippen molar-refractivity contribution in [2.75, 3.05) is 27.4 Å². The molecule has 0 unspecified atom stereocenters. The summed E-state index contributed by atoms with van der Waals surface area (Å²) in [6.07, 6.45) is 2.95. The van der Waals surface area contributed by atoms with E-state index in [9.17, 15) is 9.59 Å². The van der Waals surface area contributed by atoms with Crippen molar-refractivity contribution in [3.05, 3.63) is 87.5 Å². The predicted octanol–water partition coefficient (Wildman–Crippen LogP) is 5.18. The van der Waals surface area contributed by atoms with Gasteiger partial charge >= 0.3 is 0 Å². The highest BCUT2D eigenvalue weighted by atomic mass is 79.9. The Balaban J connectivity index is 1.91. The summed E-state index contributed by atoms with van der Waals surface area (Å²) >= 11 is 3.50. The third kappa shape index (κ3) is 8.08. The summed E-state index contributed by atoms with van der Waals surface area (Å²) in [5, 5.41) is 6.77. The third-order valence-electron chi connectivity index (χ3n) is 5.30. The Morgan fingerprint density at radius 2 is 1.56 bits per heavy atom. The number of carbonyl (C=O) groups excluding carboxylic acids is 2. The number of benzene rings is 3. The molecule has 10 heteroatoms. The number of hydrogen-bond acceptors (Lipinski definition) is 7. The molecule has 0 atom stereocenters. The molecule has 0 saturated carbocycles. The zero-order valence-electron chi connectivity index (χ0n) is 22.1. The summed E-state index contributed by atoms with van der Waals surface area (Å²) in [5.74, 6) is 1.08. The summed E-state index contributed by atoms with van der Waals surface area (Å²) in [6, 6.07) is 17.2. The molecule has 0 aliphatic carbocycles. The monoisotopic (exact) mass is 595 g/mol. The maximum Gasteiger partial charge on any atom is 0.287 e. The van der Waals surface area contributed by atoms with Crippen molar-refractivity contribution in [3.63, 3.8) is 0 Å². The quantitative estimate of drug-likeness (QED) is 0.170. The molecule has 204 valence electrons. The Hall–Kier alpha value is -4.31. The van der Waals surface area contributed by atoms with Gasteiger partial charge in [-0.2, -0.15) is 5.10 Å². The van der Waals surface area contributed by atoms with Crippen LogP contribution in [0, 0.1) is 0 Å². The van der Waals surface area contributed by atoms with Gasteiger partial charge in [-0.3, -0.25) is 9.59 Å². The second-order valence-corrected chi connectivity index (χ2v) is 8.73. The van der Waals surface area contributed by atoms with Gasteiger partial charge in [0.1, 0.15) is 17.2 Å². The molecule has 0 heterocycles. The van der Waals surface area contributed by atoms with Crippen molar-refractivity contribution < 1.29 is 28.5 Å². The molecule has 0 aliphatic heterocycles. The Labute approximate surface area is 235 Å². The van der Waals surface area contributed by atoms with Gasteiger partial charge < -0.3 is 24.3 Å². The smallest absolute Gasteiger partial charge is 0.287 e. The molecule has 2 amide bonds. The first kappa shape index (κ1) is 29.2. The maximum atomic E-state index is 13.2. The first-order chi connectivity index (χ1) is 18.9. The summed E-state index contributed by atoms with van der Waals surface area (Å²) in [7, 11) is 3.04. The van der Waals surface area contributed by atoms with Crippen molar-refractivity contribution in [2.45, 2.75) is 13.8 Å². The van der Waals surface area contributed by atoms with Gasteiger partial charge in [-0.15, -0.1) is 0 Å². The van der Waals surface area contributed by atoms with Crippen molar-refractivity contribution in [1.29, 1.82) is 0 Å². The van der Waals surface area contributed by atoms with Gasteiger partial charge in [0.25, 0.3) is 11.8 Å². The van der Waals surface area contributed by atoms with E-state index in [1.54, 1.807) is 60.7 Å². The number of nitrogens with zero attached hydrogens (tertiary/aromatic N) is 1. The van der Waals surface area contributed by atoms with E-state index in [0.717, 1.165) is 0 Å². The van der Waals surface area contributed by atoms with Gasteiger partial charge in [0.2, 0.25) is 0 Å². The molecule has 39 heavy (non-hydrogen) atoms. The first-order valence-corrected chi connectivity index (χ1v) is 12.9. The topological polar surface area (TPSA) is 107 Å². The summed E-state index contributed by atoms with van der Waals surface area (Å²) in [4.78, 5) is 26.1. The lowest BCUT2D eigenvalue weighted by Crippen LogP contribution is -2.32. The van der Waals surface area contributed by atoms with Gasteiger partial charge in [0, 0.05) is 21.2 Å². The number of rotatable bonds is 12. The Bertz CT molecular complexity index is 1360. The van der Waals surface area contributed by atoms with Gasteiger partial charge in [-0.1, -0.05) is 18.2 Å². The lowest BCUT2D eigenvalue weighted by molar-refractivity contribution is -0.117. The fraction of sp³-hybridized carbons (Fsp3) is 0.207. The molecule has 2 N–H and O–H groups in total. The largest absolute Gasteiger partial charge is 0.497 e. The molecule has 0 bridgehead atoms. The van der Waals surface area contributed by atoms with Crippen LogP contribution in [0.4, 0.5) is 0 Å². The van der Waals surface area contributed by atoms with Crippen LogP contribution < -0.4 is 29.7 Å². The van der Waals surface area contributed by atoms with Crippen LogP contribution >= 0.6 is 15.9 Å². The lowest BCUT2D eigenvalue weighted by Gasteiger charge is -2.13. The second kappa shape index (κ2) is 14.6. The first-order valence-electron chi connectivity index (χ1n) is 12.1. The van der Waals surface area contributed by atoms with Crippen LogP contribution in [0.25, 0.3) is 6.08 Å². The molecule has 9 nitrogen and oxygen atoms in total. The highest BCUT2D eigenvalue weighted by Gasteiger charge is 2.16. The second-order valence-electron chi connectivity index (χ2n) is 7.87. The molecule has 3 rings (SSSR count). The van der Waals surface area contributed by atoms with Crippen LogP contribution in [0.5, 0.6) is 23.0 Å². The highest BCUT2D eigenvalue weighted by Crippen LogP contribution is 2.33. The van der Waals surface area contributed by atoms with E-state index in [0.29, 0.717) is 57.4 Å². The molecule has 3 aromatic carbocycles. The molecule has 3 aromatic rings.